The molecule has 23 heavy (non-hydrogen) atoms. The lowest BCUT2D eigenvalue weighted by molar-refractivity contribution is 0.0929. The summed E-state index contributed by atoms with van der Waals surface area (Å²) in [6.45, 7) is 0. The van der Waals surface area contributed by atoms with Crippen molar-refractivity contribution in [2.75, 3.05) is 0 Å². The lowest BCUT2D eigenvalue weighted by Gasteiger charge is -2.23. The van der Waals surface area contributed by atoms with Crippen LogP contribution in [0.25, 0.3) is 16.6 Å². The van der Waals surface area contributed by atoms with Crippen molar-refractivity contribution in [1.82, 2.24) is 19.9 Å². The fourth-order valence-corrected chi connectivity index (χ4v) is 3.41. The number of imidazole rings is 1. The second kappa shape index (κ2) is 5.91. The summed E-state index contributed by atoms with van der Waals surface area (Å²) in [5.41, 5.74) is 2.53. The number of nitrogens with one attached hydrogen (secondary N) is 2. The molecule has 118 valence electrons. The molecule has 0 saturated heterocycles. The topological polar surface area (TPSA) is 62.7 Å². The quantitative estimate of drug-likeness (QED) is 0.779. The predicted octanol–water partition coefficient (Wildman–Crippen LogP) is 3.42. The molecule has 0 bridgehead atoms. The van der Waals surface area contributed by atoms with Crippen LogP contribution in [-0.2, 0) is 0 Å². The summed E-state index contributed by atoms with van der Waals surface area (Å²) in [5, 5.41) is 4.24. The van der Waals surface area contributed by atoms with Gasteiger partial charge in [0, 0.05) is 35.7 Å². The summed E-state index contributed by atoms with van der Waals surface area (Å²) in [4.78, 5) is 20.1. The summed E-state index contributed by atoms with van der Waals surface area (Å²) in [6, 6.07) is 6.29. The largest absolute Gasteiger partial charge is 0.361 e. The van der Waals surface area contributed by atoms with Gasteiger partial charge in [-0.15, -0.1) is 0 Å². The van der Waals surface area contributed by atoms with Crippen molar-refractivity contribution in [2.24, 2.45) is 0 Å². The molecule has 2 heterocycles. The van der Waals surface area contributed by atoms with Gasteiger partial charge >= 0.3 is 0 Å². The molecular formula is C18H20N4O. The van der Waals surface area contributed by atoms with Crippen LogP contribution in [0.4, 0.5) is 0 Å². The van der Waals surface area contributed by atoms with Gasteiger partial charge in [0.25, 0.3) is 5.91 Å². The van der Waals surface area contributed by atoms with E-state index in [0.29, 0.717) is 11.6 Å². The molecular weight excluding hydrogens is 288 g/mol. The zero-order valence-electron chi connectivity index (χ0n) is 13.0. The maximum absolute atomic E-state index is 12.8. The molecule has 0 unspecified atom stereocenters. The number of nitrogens with zero attached hydrogens (tertiary/aromatic N) is 2. The van der Waals surface area contributed by atoms with Crippen molar-refractivity contribution in [3.8, 4) is 5.69 Å². The third-order valence-corrected chi connectivity index (χ3v) is 4.63. The van der Waals surface area contributed by atoms with E-state index in [2.05, 4.69) is 21.4 Å². The summed E-state index contributed by atoms with van der Waals surface area (Å²) >= 11 is 0. The SMILES string of the molecule is O=C(NC1CCCCC1)c1cc(-n2ccnc2)cc2cc[nH]c12. The van der Waals surface area contributed by atoms with Gasteiger partial charge < -0.3 is 14.9 Å². The number of amides is 1. The number of hydrogen-bond donors (Lipinski definition) is 2. The average molecular weight is 308 g/mol. The molecule has 0 radical (unpaired) electrons. The molecule has 0 atom stereocenters. The first-order chi connectivity index (χ1) is 11.3. The minimum absolute atomic E-state index is 0.00585. The fourth-order valence-electron chi connectivity index (χ4n) is 3.41. The smallest absolute Gasteiger partial charge is 0.253 e. The monoisotopic (exact) mass is 308 g/mol. The lowest BCUT2D eigenvalue weighted by Crippen LogP contribution is -2.36. The van der Waals surface area contributed by atoms with Gasteiger partial charge in [-0.1, -0.05) is 19.3 Å². The van der Waals surface area contributed by atoms with E-state index in [1.165, 1.54) is 19.3 Å². The molecule has 1 amide bonds. The third-order valence-electron chi connectivity index (χ3n) is 4.63. The highest BCUT2D eigenvalue weighted by molar-refractivity contribution is 6.06. The van der Waals surface area contributed by atoms with Crippen LogP contribution in [0.5, 0.6) is 0 Å². The number of H-pyrrole nitrogens is 1. The molecule has 1 aliphatic rings. The van der Waals surface area contributed by atoms with Gasteiger partial charge in [-0.25, -0.2) is 4.98 Å². The molecule has 4 rings (SSSR count). The van der Waals surface area contributed by atoms with Gasteiger partial charge in [0.05, 0.1) is 17.4 Å². The third kappa shape index (κ3) is 2.74. The predicted molar refractivity (Wildman–Crippen MR) is 89.8 cm³/mol. The van der Waals surface area contributed by atoms with Crippen molar-refractivity contribution in [3.63, 3.8) is 0 Å². The van der Waals surface area contributed by atoms with Crippen molar-refractivity contribution < 1.29 is 4.79 Å². The Balaban J connectivity index is 1.69. The van der Waals surface area contributed by atoms with E-state index in [1.807, 2.05) is 29.1 Å². The van der Waals surface area contributed by atoms with Crippen LogP contribution >= 0.6 is 0 Å². The van der Waals surface area contributed by atoms with Crippen LogP contribution in [-0.4, -0.2) is 26.5 Å². The van der Waals surface area contributed by atoms with E-state index < -0.39 is 0 Å². The molecule has 3 aromatic rings. The van der Waals surface area contributed by atoms with Gasteiger partial charge in [0.2, 0.25) is 0 Å². The highest BCUT2D eigenvalue weighted by Gasteiger charge is 2.19. The van der Waals surface area contributed by atoms with Crippen LogP contribution in [0.1, 0.15) is 42.5 Å². The summed E-state index contributed by atoms with van der Waals surface area (Å²) in [6.07, 6.45) is 13.1. The van der Waals surface area contributed by atoms with E-state index in [-0.39, 0.29) is 5.91 Å². The highest BCUT2D eigenvalue weighted by atomic mass is 16.1. The number of fused-ring (bicyclic) bond motifs is 1. The molecule has 5 heteroatoms. The standard InChI is InChI=1S/C18H20N4O/c23-18(21-14-4-2-1-3-5-14)16-11-15(22-9-8-19-12-22)10-13-6-7-20-17(13)16/h6-12,14,20H,1-5H2,(H,21,23). The Morgan fingerprint density at radius 3 is 2.91 bits per heavy atom. The maximum Gasteiger partial charge on any atom is 0.253 e. The molecule has 1 aliphatic carbocycles. The number of hydrogen-bond acceptors (Lipinski definition) is 2. The zero-order chi connectivity index (χ0) is 15.6. The van der Waals surface area contributed by atoms with Crippen molar-refractivity contribution in [1.29, 1.82) is 0 Å². The Morgan fingerprint density at radius 2 is 2.13 bits per heavy atom. The normalized spacial score (nSPS) is 15.8. The van der Waals surface area contributed by atoms with Crippen molar-refractivity contribution >= 4 is 16.8 Å². The molecule has 5 nitrogen and oxygen atoms in total. The number of aromatic amines is 1. The molecule has 1 fully saturated rings. The minimum Gasteiger partial charge on any atom is -0.361 e. The molecule has 0 aliphatic heterocycles. The number of benzene rings is 1. The molecule has 2 aromatic heterocycles. The Bertz CT molecular complexity index is 813. The lowest BCUT2D eigenvalue weighted by atomic mass is 9.95. The average Bonchev–Trinajstić information content (AvgIpc) is 3.26. The number of rotatable bonds is 3. The Morgan fingerprint density at radius 1 is 1.26 bits per heavy atom. The maximum atomic E-state index is 12.8. The van der Waals surface area contributed by atoms with Gasteiger partial charge in [0.15, 0.2) is 0 Å². The van der Waals surface area contributed by atoms with E-state index in [9.17, 15) is 4.79 Å². The van der Waals surface area contributed by atoms with Crippen LogP contribution in [0.2, 0.25) is 0 Å². The van der Waals surface area contributed by atoms with Crippen molar-refractivity contribution in [3.05, 3.63) is 48.7 Å². The second-order valence-corrected chi connectivity index (χ2v) is 6.21. The second-order valence-electron chi connectivity index (χ2n) is 6.21. The highest BCUT2D eigenvalue weighted by Crippen LogP contribution is 2.24. The molecule has 1 saturated carbocycles. The van der Waals surface area contributed by atoms with Gasteiger partial charge in [-0.2, -0.15) is 0 Å². The molecule has 2 N–H and O–H groups in total. The minimum atomic E-state index is 0.00585. The summed E-state index contributed by atoms with van der Waals surface area (Å²) < 4.78 is 1.92. The van der Waals surface area contributed by atoms with Crippen LogP contribution < -0.4 is 5.32 Å². The zero-order valence-corrected chi connectivity index (χ0v) is 13.0. The summed E-state index contributed by atoms with van der Waals surface area (Å²) in [5.74, 6) is 0.00585. The Hall–Kier alpha value is -2.56. The van der Waals surface area contributed by atoms with Gasteiger partial charge in [-0.05, 0) is 31.0 Å². The molecule has 0 spiro atoms. The first-order valence-electron chi connectivity index (χ1n) is 8.21. The van der Waals surface area contributed by atoms with Crippen LogP contribution in [0.3, 0.4) is 0 Å². The van der Waals surface area contributed by atoms with E-state index in [1.54, 1.807) is 12.5 Å². The van der Waals surface area contributed by atoms with E-state index in [4.69, 9.17) is 0 Å². The van der Waals surface area contributed by atoms with E-state index >= 15 is 0 Å². The number of carbonyl (C=O) groups excluding carboxylic acids is 1. The Kier molecular flexibility index (Phi) is 3.61. The first-order valence-corrected chi connectivity index (χ1v) is 8.21. The van der Waals surface area contributed by atoms with Crippen LogP contribution in [0.15, 0.2) is 43.1 Å². The Labute approximate surface area is 134 Å². The fraction of sp³-hybridized carbons (Fsp3) is 0.333. The van der Waals surface area contributed by atoms with E-state index in [0.717, 1.165) is 29.4 Å². The van der Waals surface area contributed by atoms with Crippen LogP contribution in [0, 0.1) is 0 Å². The first kappa shape index (κ1) is 14.1. The van der Waals surface area contributed by atoms with Crippen molar-refractivity contribution in [2.45, 2.75) is 38.1 Å². The summed E-state index contributed by atoms with van der Waals surface area (Å²) in [7, 11) is 0. The van der Waals surface area contributed by atoms with Gasteiger partial charge in [0.1, 0.15) is 0 Å². The van der Waals surface area contributed by atoms with Gasteiger partial charge in [-0.3, -0.25) is 4.79 Å². The molecule has 1 aromatic carbocycles. The number of carbonyl (C=O) groups is 1. The number of aromatic nitrogens is 3.